The molecule has 0 unspecified atom stereocenters. The predicted molar refractivity (Wildman–Crippen MR) is 188 cm³/mol. The summed E-state index contributed by atoms with van der Waals surface area (Å²) >= 11 is 0. The summed E-state index contributed by atoms with van der Waals surface area (Å²) in [6.45, 7) is 4.44. The Hall–Kier alpha value is -4.70. The average Bonchev–Trinajstić information content (AvgIpc) is 3.63. The molecule has 0 atom stereocenters. The standard InChI is InChI=1S/C40H44N2O7/c43-39(48-27-37-33-15-5-1-11-29(33)30-12-2-6-16-34(30)37)41-19-9-21-45-23-25-47-26-24-46-22-10-20-42-40(44)49-28-38-35-17-7-3-13-31(35)32-14-4-8-18-36(32)38/h1-8,11-18,37-38H,9-10,19-28H2,(H,41,43)(H,42,44). The van der Waals surface area contributed by atoms with Crippen molar-refractivity contribution in [3.8, 4) is 22.3 Å². The molecule has 2 N–H and O–H groups in total. The van der Waals surface area contributed by atoms with E-state index in [1.807, 2.05) is 48.5 Å². The van der Waals surface area contributed by atoms with Gasteiger partial charge in [0.2, 0.25) is 0 Å². The van der Waals surface area contributed by atoms with Gasteiger partial charge in [-0.15, -0.1) is 0 Å². The zero-order valence-corrected chi connectivity index (χ0v) is 27.7. The first-order valence-corrected chi connectivity index (χ1v) is 17.1. The van der Waals surface area contributed by atoms with Gasteiger partial charge in [0.05, 0.1) is 26.4 Å². The summed E-state index contributed by atoms with van der Waals surface area (Å²) < 4.78 is 27.9. The highest BCUT2D eigenvalue weighted by Crippen LogP contribution is 2.45. The molecule has 9 nitrogen and oxygen atoms in total. The van der Waals surface area contributed by atoms with E-state index in [1.165, 1.54) is 44.5 Å². The fraction of sp³-hybridized carbons (Fsp3) is 0.350. The van der Waals surface area contributed by atoms with Gasteiger partial charge in [0.25, 0.3) is 0 Å². The van der Waals surface area contributed by atoms with E-state index in [9.17, 15) is 9.59 Å². The van der Waals surface area contributed by atoms with Crippen LogP contribution >= 0.6 is 0 Å². The molecule has 0 aromatic heterocycles. The minimum absolute atomic E-state index is 0.0469. The maximum atomic E-state index is 12.3. The molecule has 0 fully saturated rings. The summed E-state index contributed by atoms with van der Waals surface area (Å²) in [5.41, 5.74) is 9.60. The van der Waals surface area contributed by atoms with E-state index in [-0.39, 0.29) is 11.8 Å². The lowest BCUT2D eigenvalue weighted by molar-refractivity contribution is 0.0138. The number of alkyl carbamates (subject to hydrolysis) is 2. The summed E-state index contributed by atoms with van der Waals surface area (Å²) in [4.78, 5) is 24.6. The van der Waals surface area contributed by atoms with Crippen LogP contribution in [0.25, 0.3) is 22.3 Å². The highest BCUT2D eigenvalue weighted by molar-refractivity contribution is 5.80. The van der Waals surface area contributed by atoms with Gasteiger partial charge in [-0.1, -0.05) is 97.1 Å². The van der Waals surface area contributed by atoms with Gasteiger partial charge in [-0.25, -0.2) is 9.59 Å². The molecule has 0 spiro atoms. The van der Waals surface area contributed by atoms with Crippen LogP contribution in [0.4, 0.5) is 9.59 Å². The average molecular weight is 665 g/mol. The van der Waals surface area contributed by atoms with Crippen molar-refractivity contribution in [1.29, 1.82) is 0 Å². The highest BCUT2D eigenvalue weighted by Gasteiger charge is 2.30. The Morgan fingerprint density at radius 2 is 0.755 bits per heavy atom. The minimum atomic E-state index is -0.418. The maximum absolute atomic E-state index is 12.3. The molecule has 4 aromatic rings. The van der Waals surface area contributed by atoms with E-state index in [2.05, 4.69) is 59.2 Å². The number of rotatable bonds is 18. The topological polar surface area (TPSA) is 104 Å². The Morgan fingerprint density at radius 1 is 0.449 bits per heavy atom. The SMILES string of the molecule is O=C(NCCCOCCOCCOCCCNC(=O)OCC1c2ccccc2-c2ccccc21)OCC1c2ccccc2-c2ccccc21. The number of hydrogen-bond acceptors (Lipinski definition) is 7. The van der Waals surface area contributed by atoms with Crippen molar-refractivity contribution in [3.63, 3.8) is 0 Å². The minimum Gasteiger partial charge on any atom is -0.449 e. The smallest absolute Gasteiger partial charge is 0.407 e. The van der Waals surface area contributed by atoms with Crippen LogP contribution in [0.15, 0.2) is 97.1 Å². The molecule has 2 amide bonds. The van der Waals surface area contributed by atoms with Crippen LogP contribution in [0.2, 0.25) is 0 Å². The van der Waals surface area contributed by atoms with Gasteiger partial charge in [-0.2, -0.15) is 0 Å². The van der Waals surface area contributed by atoms with Gasteiger partial charge in [-0.05, 0) is 57.3 Å². The molecule has 0 radical (unpaired) electrons. The largest absolute Gasteiger partial charge is 0.449 e. The molecule has 9 heteroatoms. The van der Waals surface area contributed by atoms with Crippen LogP contribution in [-0.4, -0.2) is 78.1 Å². The van der Waals surface area contributed by atoms with Crippen molar-refractivity contribution in [2.45, 2.75) is 24.7 Å². The summed E-state index contributed by atoms with van der Waals surface area (Å²) in [7, 11) is 0. The molecule has 0 aliphatic heterocycles. The first-order valence-electron chi connectivity index (χ1n) is 17.1. The number of carbonyl (C=O) groups excluding carboxylic acids is 2. The van der Waals surface area contributed by atoms with Crippen LogP contribution in [0.5, 0.6) is 0 Å². The van der Waals surface area contributed by atoms with Crippen LogP contribution < -0.4 is 10.6 Å². The first-order chi connectivity index (χ1) is 24.2. The Morgan fingerprint density at radius 3 is 1.10 bits per heavy atom. The Labute approximate surface area is 287 Å². The molecule has 2 aliphatic rings. The van der Waals surface area contributed by atoms with E-state index in [4.69, 9.17) is 23.7 Å². The molecule has 6 rings (SSSR count). The van der Waals surface area contributed by atoms with Crippen LogP contribution in [0.1, 0.15) is 46.9 Å². The van der Waals surface area contributed by atoms with E-state index < -0.39 is 12.2 Å². The van der Waals surface area contributed by atoms with Gasteiger partial charge in [0.15, 0.2) is 0 Å². The third-order valence-electron chi connectivity index (χ3n) is 8.90. The van der Waals surface area contributed by atoms with Crippen molar-refractivity contribution in [3.05, 3.63) is 119 Å². The molecule has 0 bridgehead atoms. The van der Waals surface area contributed by atoms with Crippen molar-refractivity contribution in [2.24, 2.45) is 0 Å². The zero-order chi connectivity index (χ0) is 33.7. The number of nitrogens with one attached hydrogen (secondary N) is 2. The fourth-order valence-corrected chi connectivity index (χ4v) is 6.57. The molecular weight excluding hydrogens is 620 g/mol. The van der Waals surface area contributed by atoms with Crippen LogP contribution in [-0.2, 0) is 23.7 Å². The van der Waals surface area contributed by atoms with E-state index >= 15 is 0 Å². The summed E-state index contributed by atoms with van der Waals surface area (Å²) in [6.07, 6.45) is 0.519. The molecule has 256 valence electrons. The van der Waals surface area contributed by atoms with Crippen molar-refractivity contribution in [2.75, 3.05) is 65.9 Å². The number of amides is 2. The Kier molecular flexibility index (Phi) is 12.3. The van der Waals surface area contributed by atoms with E-state index in [0.29, 0.717) is 78.8 Å². The monoisotopic (exact) mass is 664 g/mol. The fourth-order valence-electron chi connectivity index (χ4n) is 6.57. The quantitative estimate of drug-likeness (QED) is 0.112. The van der Waals surface area contributed by atoms with Crippen molar-refractivity contribution < 1.29 is 33.3 Å². The molecule has 2 aliphatic carbocycles. The lowest BCUT2D eigenvalue weighted by Crippen LogP contribution is -2.27. The molecule has 4 aromatic carbocycles. The third kappa shape index (κ3) is 8.86. The van der Waals surface area contributed by atoms with E-state index in [0.717, 1.165) is 0 Å². The second-order valence-corrected chi connectivity index (χ2v) is 12.0. The molecular formula is C40H44N2O7. The Bertz CT molecular complexity index is 1480. The van der Waals surface area contributed by atoms with Crippen LogP contribution in [0, 0.1) is 0 Å². The third-order valence-corrected chi connectivity index (χ3v) is 8.90. The number of benzene rings is 4. The van der Waals surface area contributed by atoms with Gasteiger partial charge in [0, 0.05) is 38.1 Å². The summed E-state index contributed by atoms with van der Waals surface area (Å²) in [6, 6.07) is 33.1. The highest BCUT2D eigenvalue weighted by atomic mass is 16.6. The molecule has 0 saturated carbocycles. The van der Waals surface area contributed by atoms with Crippen molar-refractivity contribution in [1.82, 2.24) is 10.6 Å². The number of hydrogen-bond donors (Lipinski definition) is 2. The van der Waals surface area contributed by atoms with Gasteiger partial charge < -0.3 is 34.3 Å². The summed E-state index contributed by atoms with van der Waals surface area (Å²) in [5, 5.41) is 5.61. The normalized spacial score (nSPS) is 12.9. The second kappa shape index (κ2) is 17.6. The second-order valence-electron chi connectivity index (χ2n) is 12.0. The lowest BCUT2D eigenvalue weighted by Gasteiger charge is -2.14. The molecule has 49 heavy (non-hydrogen) atoms. The maximum Gasteiger partial charge on any atom is 0.407 e. The number of ether oxygens (including phenoxy) is 5. The van der Waals surface area contributed by atoms with Gasteiger partial charge >= 0.3 is 12.2 Å². The molecule has 0 saturated heterocycles. The van der Waals surface area contributed by atoms with Crippen molar-refractivity contribution >= 4 is 12.2 Å². The zero-order valence-electron chi connectivity index (χ0n) is 27.7. The lowest BCUT2D eigenvalue weighted by atomic mass is 9.98. The Balaban J connectivity index is 0.724. The van der Waals surface area contributed by atoms with E-state index in [1.54, 1.807) is 0 Å². The van der Waals surface area contributed by atoms with Gasteiger partial charge in [-0.3, -0.25) is 0 Å². The molecule has 0 heterocycles. The first kappa shape index (κ1) is 34.2. The number of carbonyl (C=O) groups is 2. The van der Waals surface area contributed by atoms with Gasteiger partial charge in [0.1, 0.15) is 13.2 Å². The summed E-state index contributed by atoms with van der Waals surface area (Å²) in [5.74, 6) is 0.0938. The predicted octanol–water partition coefficient (Wildman–Crippen LogP) is 6.89. The van der Waals surface area contributed by atoms with Crippen LogP contribution in [0.3, 0.4) is 0 Å². The number of fused-ring (bicyclic) bond motifs is 6.